The van der Waals surface area contributed by atoms with E-state index in [1.54, 1.807) is 0 Å². The Hall–Kier alpha value is -4.02. The zero-order valence-corrected chi connectivity index (χ0v) is 29.4. The van der Waals surface area contributed by atoms with Crippen LogP contribution in [0.4, 0.5) is 0 Å². The fraction of sp³-hybridized carbons (Fsp3) is 0.594. The summed E-state index contributed by atoms with van der Waals surface area (Å²) in [5.74, 6) is -2.23. The molecule has 1 aromatic carbocycles. The van der Waals surface area contributed by atoms with Gasteiger partial charge in [-0.3, -0.25) is 24.2 Å². The number of benzene rings is 1. The summed E-state index contributed by atoms with van der Waals surface area (Å²) in [5, 5.41) is 11.7. The first kappa shape index (κ1) is 40.2. The SMILES string of the molecule is CC(C)NC(CCCN=C(N)N)C(=O)N[C@@H](CC1=CN(C)C(S)N1C)C(=O)N[C@@H](CCCCN)C(=O)N[C@@H](Cc1ccccc1)C(N)=O. The molecule has 48 heavy (non-hydrogen) atoms. The monoisotopic (exact) mass is 689 g/mol. The van der Waals surface area contributed by atoms with Gasteiger partial charge in [-0.15, -0.1) is 12.6 Å². The molecule has 2 unspecified atom stereocenters. The maximum absolute atomic E-state index is 14.0. The maximum Gasteiger partial charge on any atom is 0.243 e. The molecule has 15 nitrogen and oxygen atoms in total. The van der Waals surface area contributed by atoms with Crippen LogP contribution in [0.2, 0.25) is 0 Å². The Morgan fingerprint density at radius 1 is 0.833 bits per heavy atom. The van der Waals surface area contributed by atoms with E-state index in [0.29, 0.717) is 38.8 Å². The number of carbonyl (C=O) groups excluding carboxylic acids is 4. The standard InChI is InChI=1S/C32H55N11O4S/c1-20(2)38-23(14-10-16-37-31(35)36)28(45)41-26(18-22-19-42(3)32(48)43(22)4)30(47)39-24(13-8-9-15-33)29(46)40-25(27(34)44)17-21-11-6-5-7-12-21/h5-7,11-12,19-20,23-26,32,38,48H,8-10,13-18,33H2,1-4H3,(H2,34,44)(H,39,47)(H,40,46)(H,41,45)(H4,35,36,37)/t23?,24-,25-,26-,32?/m0/s1. The minimum Gasteiger partial charge on any atom is -0.370 e. The van der Waals surface area contributed by atoms with Crippen LogP contribution in [0.3, 0.4) is 0 Å². The summed E-state index contributed by atoms with van der Waals surface area (Å²) in [7, 11) is 3.70. The lowest BCUT2D eigenvalue weighted by Gasteiger charge is -2.29. The number of nitrogens with zero attached hydrogens (tertiary/aromatic N) is 3. The number of rotatable bonds is 21. The Balaban J connectivity index is 2.32. The van der Waals surface area contributed by atoms with Gasteiger partial charge in [-0.25, -0.2) is 0 Å². The molecule has 2 rings (SSSR count). The molecule has 0 saturated carbocycles. The van der Waals surface area contributed by atoms with Gasteiger partial charge < -0.3 is 54.0 Å². The molecular weight excluding hydrogens is 634 g/mol. The molecule has 0 fully saturated rings. The predicted molar refractivity (Wildman–Crippen MR) is 191 cm³/mol. The third-order valence-corrected chi connectivity index (χ3v) is 8.59. The topological polar surface area (TPSA) is 239 Å². The molecule has 1 heterocycles. The van der Waals surface area contributed by atoms with Gasteiger partial charge in [0.1, 0.15) is 23.6 Å². The average molecular weight is 690 g/mol. The van der Waals surface area contributed by atoms with Gasteiger partial charge in [-0.2, -0.15) is 0 Å². The van der Waals surface area contributed by atoms with E-state index in [2.05, 4.69) is 38.9 Å². The molecule has 0 spiro atoms. The maximum atomic E-state index is 14.0. The number of nitrogens with two attached hydrogens (primary N) is 4. The molecule has 0 radical (unpaired) electrons. The van der Waals surface area contributed by atoms with E-state index in [-0.39, 0.29) is 42.7 Å². The van der Waals surface area contributed by atoms with Gasteiger partial charge in [-0.05, 0) is 44.2 Å². The Kier molecular flexibility index (Phi) is 17.0. The third-order valence-electron chi connectivity index (χ3n) is 7.88. The summed E-state index contributed by atoms with van der Waals surface area (Å²) in [6.07, 6.45) is 4.55. The van der Waals surface area contributed by atoms with Crippen molar-refractivity contribution in [2.45, 2.75) is 94.5 Å². The summed E-state index contributed by atoms with van der Waals surface area (Å²) in [6.45, 7) is 4.59. The molecular formula is C32H55N11O4S. The number of nitrogens with one attached hydrogen (secondary N) is 4. The second-order valence-corrected chi connectivity index (χ2v) is 12.8. The van der Waals surface area contributed by atoms with Gasteiger partial charge in [0.05, 0.1) is 6.04 Å². The van der Waals surface area contributed by atoms with Crippen molar-refractivity contribution >= 4 is 42.2 Å². The fourth-order valence-corrected chi connectivity index (χ4v) is 5.49. The first-order chi connectivity index (χ1) is 22.7. The molecule has 0 saturated heterocycles. The van der Waals surface area contributed by atoms with Crippen LogP contribution >= 0.6 is 12.6 Å². The van der Waals surface area contributed by atoms with E-state index in [4.69, 9.17) is 22.9 Å². The van der Waals surface area contributed by atoms with Gasteiger partial charge >= 0.3 is 0 Å². The largest absolute Gasteiger partial charge is 0.370 e. The van der Waals surface area contributed by atoms with Crippen molar-refractivity contribution in [3.63, 3.8) is 0 Å². The van der Waals surface area contributed by atoms with Gasteiger partial charge in [0.2, 0.25) is 23.6 Å². The van der Waals surface area contributed by atoms with E-state index < -0.39 is 41.9 Å². The summed E-state index contributed by atoms with van der Waals surface area (Å²) in [4.78, 5) is 61.4. The van der Waals surface area contributed by atoms with Crippen LogP contribution in [-0.2, 0) is 25.6 Å². The number of aliphatic imine (C=N–C) groups is 1. The van der Waals surface area contributed by atoms with Crippen LogP contribution in [0, 0.1) is 0 Å². The van der Waals surface area contributed by atoms with Crippen LogP contribution in [0.5, 0.6) is 0 Å². The highest BCUT2D eigenvalue weighted by Gasteiger charge is 2.33. The molecule has 1 aliphatic heterocycles. The van der Waals surface area contributed by atoms with Crippen LogP contribution in [0.1, 0.15) is 57.9 Å². The lowest BCUT2D eigenvalue weighted by molar-refractivity contribution is -0.134. The molecule has 0 bridgehead atoms. The summed E-state index contributed by atoms with van der Waals surface area (Å²) in [6, 6.07) is 5.46. The van der Waals surface area contributed by atoms with Crippen molar-refractivity contribution in [2.75, 3.05) is 27.2 Å². The number of guanidine groups is 1. The molecule has 1 aliphatic rings. The van der Waals surface area contributed by atoms with Gasteiger partial charge in [-0.1, -0.05) is 44.2 Å². The predicted octanol–water partition coefficient (Wildman–Crippen LogP) is -0.960. The van der Waals surface area contributed by atoms with Crippen molar-refractivity contribution in [1.29, 1.82) is 0 Å². The highest BCUT2D eigenvalue weighted by atomic mass is 32.1. The first-order valence-electron chi connectivity index (χ1n) is 16.3. The number of hydrogen-bond donors (Lipinski definition) is 9. The van der Waals surface area contributed by atoms with Gasteiger partial charge in [0, 0.05) is 51.4 Å². The summed E-state index contributed by atoms with van der Waals surface area (Å²) >= 11 is 4.60. The zero-order valence-electron chi connectivity index (χ0n) is 28.5. The van der Waals surface area contributed by atoms with Crippen molar-refractivity contribution in [3.8, 4) is 0 Å². The zero-order chi connectivity index (χ0) is 35.8. The van der Waals surface area contributed by atoms with Gasteiger partial charge in [0.25, 0.3) is 0 Å². The van der Waals surface area contributed by atoms with E-state index in [1.807, 2.05) is 74.3 Å². The smallest absolute Gasteiger partial charge is 0.243 e. The quantitative estimate of drug-likeness (QED) is 0.0332. The lowest BCUT2D eigenvalue weighted by Crippen LogP contribution is -2.58. The van der Waals surface area contributed by atoms with Crippen LogP contribution in [0.25, 0.3) is 0 Å². The first-order valence-corrected chi connectivity index (χ1v) is 16.8. The minimum atomic E-state index is -1.05. The Morgan fingerprint density at radius 3 is 1.98 bits per heavy atom. The number of thiol groups is 1. The molecule has 12 N–H and O–H groups in total. The van der Waals surface area contributed by atoms with Crippen molar-refractivity contribution in [3.05, 3.63) is 47.8 Å². The van der Waals surface area contributed by atoms with Crippen LogP contribution in [0.15, 0.2) is 47.2 Å². The second-order valence-electron chi connectivity index (χ2n) is 12.3. The third kappa shape index (κ3) is 13.6. The van der Waals surface area contributed by atoms with Crippen LogP contribution in [-0.4, -0.2) is 102 Å². The molecule has 268 valence electrons. The molecule has 1 aromatic rings. The Morgan fingerprint density at radius 2 is 1.42 bits per heavy atom. The summed E-state index contributed by atoms with van der Waals surface area (Å²) in [5.41, 5.74) is 23.6. The molecule has 5 atom stereocenters. The summed E-state index contributed by atoms with van der Waals surface area (Å²) < 4.78 is 0. The molecule has 4 amide bonds. The molecule has 16 heteroatoms. The van der Waals surface area contributed by atoms with E-state index >= 15 is 0 Å². The second kappa shape index (κ2) is 20.4. The normalized spacial score (nSPS) is 16.8. The Labute approximate surface area is 289 Å². The highest BCUT2D eigenvalue weighted by molar-refractivity contribution is 7.80. The number of hydrogen-bond acceptors (Lipinski definition) is 10. The fourth-order valence-electron chi connectivity index (χ4n) is 5.28. The number of carbonyl (C=O) groups is 4. The highest BCUT2D eigenvalue weighted by Crippen LogP contribution is 2.25. The lowest BCUT2D eigenvalue weighted by atomic mass is 10.0. The van der Waals surface area contributed by atoms with Gasteiger partial charge in [0.15, 0.2) is 5.96 Å². The number of primary amides is 1. The Bertz CT molecular complexity index is 1260. The van der Waals surface area contributed by atoms with E-state index in [1.165, 1.54) is 0 Å². The van der Waals surface area contributed by atoms with E-state index in [0.717, 1.165) is 11.3 Å². The van der Waals surface area contributed by atoms with Crippen molar-refractivity contribution < 1.29 is 19.2 Å². The van der Waals surface area contributed by atoms with Crippen LogP contribution < -0.4 is 44.2 Å². The van der Waals surface area contributed by atoms with E-state index in [9.17, 15) is 19.2 Å². The molecule has 0 aromatic heterocycles. The van der Waals surface area contributed by atoms with Crippen molar-refractivity contribution in [1.82, 2.24) is 31.1 Å². The molecule has 0 aliphatic carbocycles. The average Bonchev–Trinajstić information content (AvgIpc) is 3.27. The number of amides is 4. The minimum absolute atomic E-state index is 0.0249. The van der Waals surface area contributed by atoms with Crippen molar-refractivity contribution in [2.24, 2.45) is 27.9 Å². The number of unbranched alkanes of at least 4 members (excludes halogenated alkanes) is 1.